The van der Waals surface area contributed by atoms with Crippen LogP contribution in [-0.2, 0) is 13.6 Å². The number of fused-ring (bicyclic) bond motifs is 1. The predicted octanol–water partition coefficient (Wildman–Crippen LogP) is 4.35. The van der Waals surface area contributed by atoms with Gasteiger partial charge in [0, 0.05) is 43.5 Å². The van der Waals surface area contributed by atoms with Crippen molar-refractivity contribution in [3.8, 4) is 17.0 Å². The molecule has 0 saturated carbocycles. The van der Waals surface area contributed by atoms with Gasteiger partial charge in [-0.1, -0.05) is 17.3 Å². The van der Waals surface area contributed by atoms with Gasteiger partial charge < -0.3 is 10.1 Å². The van der Waals surface area contributed by atoms with Crippen molar-refractivity contribution >= 4 is 22.8 Å². The van der Waals surface area contributed by atoms with Crippen LogP contribution in [0.25, 0.3) is 22.3 Å². The third-order valence-corrected chi connectivity index (χ3v) is 6.99. The molecule has 0 radical (unpaired) electrons. The van der Waals surface area contributed by atoms with Gasteiger partial charge in [0.2, 0.25) is 5.95 Å². The second kappa shape index (κ2) is 10.2. The largest absolute Gasteiger partial charge is 0.496 e. The normalized spacial score (nSPS) is 16.1. The van der Waals surface area contributed by atoms with Crippen LogP contribution in [0.3, 0.4) is 0 Å². The van der Waals surface area contributed by atoms with Crippen LogP contribution in [0.15, 0.2) is 60.9 Å². The van der Waals surface area contributed by atoms with Crippen molar-refractivity contribution in [3.63, 3.8) is 0 Å². The molecule has 0 aliphatic carbocycles. The molecule has 2 aromatic carbocycles. The fraction of sp³-hybridized carbons (Fsp3) is 0.296. The standard InChI is InChI=1S/C27H28FN9O/c1-35-26(11-13-30-35)32-27-29-12-10-22(31-27)18-8-9-24-23(15-18)33-34-37(24)19-5-4-14-36(16-19)17-20-21(28)6-3-7-25(20)38-2/h3,6-13,15,19H,4-5,14,16-17H2,1-2H3,(H,29,31,32). The van der Waals surface area contributed by atoms with Gasteiger partial charge in [-0.3, -0.25) is 9.58 Å². The van der Waals surface area contributed by atoms with E-state index >= 15 is 0 Å². The Labute approximate surface area is 219 Å². The fourth-order valence-corrected chi connectivity index (χ4v) is 5.04. The van der Waals surface area contributed by atoms with Crippen LogP contribution in [0.5, 0.6) is 5.75 Å². The lowest BCUT2D eigenvalue weighted by molar-refractivity contribution is 0.161. The number of halogens is 1. The second-order valence-corrected chi connectivity index (χ2v) is 9.42. The number of nitrogens with zero attached hydrogens (tertiary/aromatic N) is 8. The van der Waals surface area contributed by atoms with Crippen molar-refractivity contribution in [3.05, 3.63) is 72.3 Å². The summed E-state index contributed by atoms with van der Waals surface area (Å²) in [4.78, 5) is 11.3. The Morgan fingerprint density at radius 2 is 2.05 bits per heavy atom. The number of aromatic nitrogens is 7. The van der Waals surface area contributed by atoms with Gasteiger partial charge >= 0.3 is 0 Å². The van der Waals surface area contributed by atoms with Crippen molar-refractivity contribution in [2.75, 3.05) is 25.5 Å². The SMILES string of the molecule is COc1cccc(F)c1CN1CCCC(n2nnc3cc(-c4ccnc(Nc5ccnn5C)n4)ccc32)C1. The Bertz CT molecular complexity index is 1580. The summed E-state index contributed by atoms with van der Waals surface area (Å²) in [5.74, 6) is 1.63. The summed E-state index contributed by atoms with van der Waals surface area (Å²) >= 11 is 0. The molecule has 5 aromatic rings. The maximum absolute atomic E-state index is 14.5. The Balaban J connectivity index is 1.21. The first-order chi connectivity index (χ1) is 18.6. The smallest absolute Gasteiger partial charge is 0.228 e. The molecule has 3 aromatic heterocycles. The first-order valence-electron chi connectivity index (χ1n) is 12.6. The van der Waals surface area contributed by atoms with Crippen LogP contribution < -0.4 is 10.1 Å². The number of nitrogens with one attached hydrogen (secondary N) is 1. The summed E-state index contributed by atoms with van der Waals surface area (Å²) in [5.41, 5.74) is 4.06. The second-order valence-electron chi connectivity index (χ2n) is 9.42. The number of benzene rings is 2. The van der Waals surface area contributed by atoms with E-state index in [0.717, 1.165) is 54.0 Å². The van der Waals surface area contributed by atoms with E-state index in [2.05, 4.69) is 35.6 Å². The molecule has 0 spiro atoms. The fourth-order valence-electron chi connectivity index (χ4n) is 5.04. The van der Waals surface area contributed by atoms with Gasteiger partial charge in [-0.2, -0.15) is 5.10 Å². The first kappa shape index (κ1) is 24.0. The van der Waals surface area contributed by atoms with Crippen molar-refractivity contribution in [2.24, 2.45) is 7.05 Å². The zero-order valence-electron chi connectivity index (χ0n) is 21.3. The van der Waals surface area contributed by atoms with E-state index in [1.807, 2.05) is 42.1 Å². The van der Waals surface area contributed by atoms with Crippen molar-refractivity contribution in [1.82, 2.24) is 39.6 Å². The number of anilines is 2. The Morgan fingerprint density at radius 3 is 2.89 bits per heavy atom. The first-order valence-corrected chi connectivity index (χ1v) is 12.6. The molecular weight excluding hydrogens is 485 g/mol. The van der Waals surface area contributed by atoms with Crippen molar-refractivity contribution < 1.29 is 9.13 Å². The summed E-state index contributed by atoms with van der Waals surface area (Å²) in [7, 11) is 3.43. The molecule has 1 atom stereocenters. The Morgan fingerprint density at radius 1 is 1.13 bits per heavy atom. The molecule has 10 nitrogen and oxygen atoms in total. The van der Waals surface area contributed by atoms with Gasteiger partial charge in [-0.25, -0.2) is 19.0 Å². The molecule has 0 amide bonds. The minimum atomic E-state index is -0.242. The van der Waals surface area contributed by atoms with Crippen LogP contribution in [0.1, 0.15) is 24.4 Å². The highest BCUT2D eigenvalue weighted by molar-refractivity contribution is 5.80. The van der Waals surface area contributed by atoms with Gasteiger partial charge in [0.15, 0.2) is 0 Å². The zero-order chi connectivity index (χ0) is 26.1. The van der Waals surface area contributed by atoms with Crippen molar-refractivity contribution in [2.45, 2.75) is 25.4 Å². The highest BCUT2D eigenvalue weighted by atomic mass is 19.1. The predicted molar refractivity (Wildman–Crippen MR) is 142 cm³/mol. The number of ether oxygens (including phenoxy) is 1. The van der Waals surface area contributed by atoms with E-state index in [1.165, 1.54) is 6.07 Å². The van der Waals surface area contributed by atoms with E-state index in [-0.39, 0.29) is 11.9 Å². The maximum Gasteiger partial charge on any atom is 0.228 e. The summed E-state index contributed by atoms with van der Waals surface area (Å²) < 4.78 is 23.7. The van der Waals surface area contributed by atoms with Crippen LogP contribution in [0.2, 0.25) is 0 Å². The summed E-state index contributed by atoms with van der Waals surface area (Å²) in [6, 6.07) is 14.9. The lowest BCUT2D eigenvalue weighted by atomic mass is 10.0. The number of piperidine rings is 1. The highest BCUT2D eigenvalue weighted by Gasteiger charge is 2.25. The van der Waals surface area contributed by atoms with E-state index in [0.29, 0.717) is 23.8 Å². The third kappa shape index (κ3) is 4.68. The summed E-state index contributed by atoms with van der Waals surface area (Å²) in [6.45, 7) is 2.15. The van der Waals surface area contributed by atoms with Crippen molar-refractivity contribution in [1.29, 1.82) is 0 Å². The summed E-state index contributed by atoms with van der Waals surface area (Å²) in [6.07, 6.45) is 5.42. The quantitative estimate of drug-likeness (QED) is 0.343. The Hall–Kier alpha value is -4.38. The van der Waals surface area contributed by atoms with Crippen LogP contribution in [-0.4, -0.2) is 59.8 Å². The monoisotopic (exact) mass is 513 g/mol. The highest BCUT2D eigenvalue weighted by Crippen LogP contribution is 2.30. The molecular formula is C27H28FN9O. The number of likely N-dealkylation sites (tertiary alicyclic amines) is 1. The molecule has 1 saturated heterocycles. The Kier molecular flexibility index (Phi) is 6.42. The lowest BCUT2D eigenvalue weighted by Crippen LogP contribution is -2.36. The number of hydrogen-bond acceptors (Lipinski definition) is 8. The average molecular weight is 514 g/mol. The third-order valence-electron chi connectivity index (χ3n) is 6.99. The average Bonchev–Trinajstić information content (AvgIpc) is 3.55. The van der Waals surface area contributed by atoms with Crippen LogP contribution in [0, 0.1) is 5.82 Å². The molecule has 38 heavy (non-hydrogen) atoms. The van der Waals surface area contributed by atoms with E-state index < -0.39 is 0 Å². The van der Waals surface area contributed by atoms with E-state index in [1.54, 1.807) is 36.3 Å². The molecule has 1 N–H and O–H groups in total. The van der Waals surface area contributed by atoms with Gasteiger partial charge in [0.25, 0.3) is 0 Å². The molecule has 11 heteroatoms. The molecule has 6 rings (SSSR count). The molecule has 1 unspecified atom stereocenters. The molecule has 1 fully saturated rings. The molecule has 1 aliphatic rings. The minimum absolute atomic E-state index is 0.145. The van der Waals surface area contributed by atoms with Gasteiger partial charge in [0.05, 0.1) is 30.6 Å². The molecule has 0 bridgehead atoms. The van der Waals surface area contributed by atoms with Gasteiger partial charge in [-0.15, -0.1) is 5.10 Å². The minimum Gasteiger partial charge on any atom is -0.496 e. The van der Waals surface area contributed by atoms with Gasteiger partial charge in [-0.05, 0) is 49.7 Å². The van der Waals surface area contributed by atoms with Crippen LogP contribution in [0.4, 0.5) is 16.2 Å². The number of rotatable bonds is 7. The number of hydrogen-bond donors (Lipinski definition) is 1. The van der Waals surface area contributed by atoms with E-state index in [4.69, 9.17) is 4.74 Å². The zero-order valence-corrected chi connectivity index (χ0v) is 21.3. The molecule has 4 heterocycles. The van der Waals surface area contributed by atoms with Gasteiger partial charge in [0.1, 0.15) is 22.9 Å². The number of aryl methyl sites for hydroxylation is 1. The lowest BCUT2D eigenvalue weighted by Gasteiger charge is -2.33. The van der Waals surface area contributed by atoms with E-state index in [9.17, 15) is 4.39 Å². The maximum atomic E-state index is 14.5. The topological polar surface area (TPSA) is 98.8 Å². The molecule has 194 valence electrons. The molecule has 1 aliphatic heterocycles. The number of methoxy groups -OCH3 is 1. The van der Waals surface area contributed by atoms with Crippen LogP contribution >= 0.6 is 0 Å². The summed E-state index contributed by atoms with van der Waals surface area (Å²) in [5, 5.41) is 16.3.